The first-order valence-corrected chi connectivity index (χ1v) is 10.9. The van der Waals surface area contributed by atoms with E-state index in [1.807, 2.05) is 72.8 Å². The van der Waals surface area contributed by atoms with Crippen molar-refractivity contribution in [3.05, 3.63) is 94.8 Å². The molecule has 0 saturated carbocycles. The minimum absolute atomic E-state index is 0. The van der Waals surface area contributed by atoms with Crippen LogP contribution in [0.1, 0.15) is 23.0 Å². The van der Waals surface area contributed by atoms with Crippen molar-refractivity contribution in [2.24, 2.45) is 0 Å². The second kappa shape index (κ2) is 11.6. The number of imidazole rings is 1. The lowest BCUT2D eigenvalue weighted by atomic mass is 10.1. The molecule has 1 aromatic heterocycles. The fourth-order valence-electron chi connectivity index (χ4n) is 3.57. The molecule has 172 valence electrons. The predicted octanol–water partition coefficient (Wildman–Crippen LogP) is 5.47. The number of nitrogens with zero attached hydrogens (tertiary/aromatic N) is 1. The molecule has 8 heteroatoms. The number of nitrogens with one attached hydrogen (secondary N) is 3. The zero-order valence-electron chi connectivity index (χ0n) is 18.2. The molecular formula is C25H26Cl2N4O2. The first kappa shape index (κ1) is 24.4. The molecule has 3 N–H and O–H groups in total. The van der Waals surface area contributed by atoms with Crippen molar-refractivity contribution in [2.45, 2.75) is 18.9 Å². The summed E-state index contributed by atoms with van der Waals surface area (Å²) in [6, 6.07) is 22.7. The van der Waals surface area contributed by atoms with Gasteiger partial charge >= 0.3 is 6.03 Å². The average Bonchev–Trinajstić information content (AvgIpc) is 3.25. The van der Waals surface area contributed by atoms with Gasteiger partial charge in [-0.05, 0) is 54.3 Å². The van der Waals surface area contributed by atoms with Gasteiger partial charge in [-0.3, -0.25) is 0 Å². The molecule has 2 amide bonds. The number of amides is 2. The number of carbonyl (C=O) groups is 1. The second-order valence-electron chi connectivity index (χ2n) is 7.49. The van der Waals surface area contributed by atoms with Crippen molar-refractivity contribution >= 4 is 41.1 Å². The Labute approximate surface area is 204 Å². The molecule has 3 aromatic carbocycles. The van der Waals surface area contributed by atoms with E-state index in [-0.39, 0.29) is 24.5 Å². The molecule has 6 nitrogen and oxygen atoms in total. The van der Waals surface area contributed by atoms with Gasteiger partial charge in [-0.2, -0.15) is 0 Å². The minimum Gasteiger partial charge on any atom is -0.497 e. The molecule has 0 aliphatic heterocycles. The number of para-hydroxylation sites is 2. The molecule has 1 atom stereocenters. The normalized spacial score (nSPS) is 11.5. The highest BCUT2D eigenvalue weighted by molar-refractivity contribution is 6.31. The Morgan fingerprint density at radius 1 is 1.06 bits per heavy atom. The van der Waals surface area contributed by atoms with E-state index in [1.165, 1.54) is 0 Å². The molecule has 33 heavy (non-hydrogen) atoms. The fourth-order valence-corrected chi connectivity index (χ4v) is 3.80. The number of H-pyrrole nitrogens is 1. The summed E-state index contributed by atoms with van der Waals surface area (Å²) < 4.78 is 5.24. The highest BCUT2D eigenvalue weighted by atomic mass is 35.5. The van der Waals surface area contributed by atoms with Crippen molar-refractivity contribution in [1.29, 1.82) is 0 Å². The first-order valence-electron chi connectivity index (χ1n) is 10.5. The molecule has 1 heterocycles. The number of urea groups is 1. The number of benzene rings is 3. The molecule has 0 aliphatic carbocycles. The third-order valence-electron chi connectivity index (χ3n) is 5.28. The van der Waals surface area contributed by atoms with Crippen molar-refractivity contribution in [1.82, 2.24) is 20.6 Å². The number of rotatable bonds is 8. The number of aromatic nitrogens is 2. The van der Waals surface area contributed by atoms with Gasteiger partial charge in [0.2, 0.25) is 0 Å². The number of carbonyl (C=O) groups excluding carboxylic acids is 1. The monoisotopic (exact) mass is 484 g/mol. The maximum absolute atomic E-state index is 12.7. The van der Waals surface area contributed by atoms with Gasteiger partial charge < -0.3 is 20.4 Å². The van der Waals surface area contributed by atoms with Gasteiger partial charge in [0.25, 0.3) is 0 Å². The van der Waals surface area contributed by atoms with Crippen LogP contribution in [0.25, 0.3) is 11.0 Å². The first-order chi connectivity index (χ1) is 15.6. The molecule has 4 rings (SSSR count). The summed E-state index contributed by atoms with van der Waals surface area (Å²) in [5.41, 5.74) is 3.86. The number of fused-ring (bicyclic) bond motifs is 1. The van der Waals surface area contributed by atoms with Gasteiger partial charge in [0.1, 0.15) is 11.6 Å². The van der Waals surface area contributed by atoms with Gasteiger partial charge in [-0.1, -0.05) is 54.1 Å². The van der Waals surface area contributed by atoms with E-state index in [1.54, 1.807) is 7.11 Å². The van der Waals surface area contributed by atoms with Gasteiger partial charge in [0.05, 0.1) is 24.2 Å². The van der Waals surface area contributed by atoms with E-state index >= 15 is 0 Å². The van der Waals surface area contributed by atoms with Crippen LogP contribution >= 0.6 is 24.0 Å². The van der Waals surface area contributed by atoms with E-state index in [2.05, 4.69) is 15.6 Å². The highest BCUT2D eigenvalue weighted by Gasteiger charge is 2.19. The smallest absolute Gasteiger partial charge is 0.315 e. The van der Waals surface area contributed by atoms with E-state index in [0.717, 1.165) is 27.9 Å². The SMILES string of the molecule is COc1ccc(C[C@@H](NC(=O)NCCc2ccccc2Cl)c2nc3ccccc3[nH]2)cc1.Cl. The molecule has 0 aliphatic rings. The van der Waals surface area contributed by atoms with Crippen LogP contribution in [0.15, 0.2) is 72.8 Å². The van der Waals surface area contributed by atoms with Crippen LogP contribution < -0.4 is 15.4 Å². The third kappa shape index (κ3) is 6.40. The van der Waals surface area contributed by atoms with Crippen LogP contribution in [0.3, 0.4) is 0 Å². The Hall–Kier alpha value is -3.22. The van der Waals surface area contributed by atoms with Gasteiger partial charge in [-0.25, -0.2) is 9.78 Å². The summed E-state index contributed by atoms with van der Waals surface area (Å²) in [6.07, 6.45) is 1.24. The summed E-state index contributed by atoms with van der Waals surface area (Å²) in [7, 11) is 1.64. The van der Waals surface area contributed by atoms with Crippen LogP contribution in [-0.4, -0.2) is 29.7 Å². The van der Waals surface area contributed by atoms with Crippen molar-refractivity contribution in [2.75, 3.05) is 13.7 Å². The molecule has 4 aromatic rings. The van der Waals surface area contributed by atoms with Crippen molar-refractivity contribution in [3.63, 3.8) is 0 Å². The summed E-state index contributed by atoms with van der Waals surface area (Å²) in [6.45, 7) is 0.477. The average molecular weight is 485 g/mol. The number of ether oxygens (including phenoxy) is 1. The largest absolute Gasteiger partial charge is 0.497 e. The van der Waals surface area contributed by atoms with Crippen LogP contribution in [0, 0.1) is 0 Å². The fraction of sp³-hybridized carbons (Fsp3) is 0.200. The zero-order chi connectivity index (χ0) is 22.3. The number of hydrogen-bond donors (Lipinski definition) is 3. The molecular weight excluding hydrogens is 459 g/mol. The Bertz CT molecular complexity index is 1160. The van der Waals surface area contributed by atoms with Crippen molar-refractivity contribution in [3.8, 4) is 5.75 Å². The molecule has 0 bridgehead atoms. The number of halogens is 2. The second-order valence-corrected chi connectivity index (χ2v) is 7.89. The highest BCUT2D eigenvalue weighted by Crippen LogP contribution is 2.21. The summed E-state index contributed by atoms with van der Waals surface area (Å²) in [4.78, 5) is 20.7. The Morgan fingerprint density at radius 3 is 2.52 bits per heavy atom. The summed E-state index contributed by atoms with van der Waals surface area (Å²) in [5.74, 6) is 1.50. The minimum atomic E-state index is -0.323. The zero-order valence-corrected chi connectivity index (χ0v) is 19.7. The van der Waals surface area contributed by atoms with Crippen LogP contribution in [0.4, 0.5) is 4.79 Å². The topological polar surface area (TPSA) is 79.0 Å². The lowest BCUT2D eigenvalue weighted by Gasteiger charge is -2.18. The number of hydrogen-bond acceptors (Lipinski definition) is 3. The molecule has 0 saturated heterocycles. The predicted molar refractivity (Wildman–Crippen MR) is 134 cm³/mol. The quantitative estimate of drug-likeness (QED) is 0.310. The van der Waals surface area contributed by atoms with Crippen LogP contribution in [0.2, 0.25) is 5.02 Å². The Morgan fingerprint density at radius 2 is 1.79 bits per heavy atom. The van der Waals surface area contributed by atoms with E-state index in [9.17, 15) is 4.79 Å². The number of aromatic amines is 1. The van der Waals surface area contributed by atoms with Crippen molar-refractivity contribution < 1.29 is 9.53 Å². The van der Waals surface area contributed by atoms with Gasteiger partial charge in [0, 0.05) is 11.6 Å². The Balaban J connectivity index is 0.00000306. The maximum atomic E-state index is 12.7. The van der Waals surface area contributed by atoms with Crippen LogP contribution in [0.5, 0.6) is 5.75 Å². The molecule has 0 unspecified atom stereocenters. The molecule has 0 radical (unpaired) electrons. The lowest BCUT2D eigenvalue weighted by molar-refractivity contribution is 0.236. The van der Waals surface area contributed by atoms with Gasteiger partial charge in [0.15, 0.2) is 0 Å². The maximum Gasteiger partial charge on any atom is 0.315 e. The number of methoxy groups -OCH3 is 1. The van der Waals surface area contributed by atoms with E-state index in [4.69, 9.17) is 21.3 Å². The van der Waals surface area contributed by atoms with Crippen LogP contribution in [-0.2, 0) is 12.8 Å². The third-order valence-corrected chi connectivity index (χ3v) is 5.65. The van der Waals surface area contributed by atoms with E-state index in [0.29, 0.717) is 30.2 Å². The summed E-state index contributed by atoms with van der Waals surface area (Å²) >= 11 is 6.20. The Kier molecular flexibility index (Phi) is 8.58. The standard InChI is InChI=1S/C25H25ClN4O2.ClH/c1-32-19-12-10-17(11-13-19)16-23(24-28-21-8-4-5-9-22(21)29-24)30-25(31)27-15-14-18-6-2-3-7-20(18)26;/h2-13,23H,14-16H2,1H3,(H,28,29)(H2,27,30,31);1H/t23-;/m1./s1. The molecule has 0 spiro atoms. The van der Waals surface area contributed by atoms with Gasteiger partial charge in [-0.15, -0.1) is 12.4 Å². The lowest BCUT2D eigenvalue weighted by Crippen LogP contribution is -2.40. The summed E-state index contributed by atoms with van der Waals surface area (Å²) in [5, 5.41) is 6.69. The van der Waals surface area contributed by atoms with E-state index < -0.39 is 0 Å². The molecule has 0 fully saturated rings.